The number of rotatable bonds is 1. The molecule has 0 aromatic heterocycles. The van der Waals surface area contributed by atoms with Crippen molar-refractivity contribution < 1.29 is 4.39 Å². The Morgan fingerprint density at radius 1 is 1.50 bits per heavy atom. The molecule has 1 saturated carbocycles. The summed E-state index contributed by atoms with van der Waals surface area (Å²) in [5, 5.41) is 0.174. The molecule has 1 aliphatic rings. The molecule has 1 aliphatic carbocycles. The molecule has 1 nitrogen and oxygen atoms in total. The summed E-state index contributed by atoms with van der Waals surface area (Å²) in [7, 11) is 0. The van der Waals surface area contributed by atoms with Gasteiger partial charge in [0.15, 0.2) is 0 Å². The van der Waals surface area contributed by atoms with Crippen LogP contribution in [0.1, 0.15) is 17.9 Å². The van der Waals surface area contributed by atoms with Crippen LogP contribution in [0.4, 0.5) is 4.39 Å². The third-order valence-electron chi connectivity index (χ3n) is 2.21. The summed E-state index contributed by atoms with van der Waals surface area (Å²) in [4.78, 5) is 0. The maximum atomic E-state index is 12.9. The first-order valence-electron chi connectivity index (χ1n) is 3.89. The predicted molar refractivity (Wildman–Crippen MR) is 46.7 cm³/mol. The highest BCUT2D eigenvalue weighted by atomic mass is 35.5. The van der Waals surface area contributed by atoms with Gasteiger partial charge in [0.25, 0.3) is 0 Å². The minimum atomic E-state index is -0.353. The first-order chi connectivity index (χ1) is 5.68. The average molecular weight is 186 g/mol. The van der Waals surface area contributed by atoms with Crippen LogP contribution in [0.15, 0.2) is 18.2 Å². The molecule has 0 saturated heterocycles. The van der Waals surface area contributed by atoms with Gasteiger partial charge in [-0.3, -0.25) is 0 Å². The summed E-state index contributed by atoms with van der Waals surface area (Å²) in [6.07, 6.45) is 0.959. The Bertz CT molecular complexity index is 313. The molecule has 1 unspecified atom stereocenters. The Kier molecular flexibility index (Phi) is 1.81. The van der Waals surface area contributed by atoms with Crippen LogP contribution in [-0.2, 0) is 0 Å². The molecule has 1 aromatic carbocycles. The Labute approximate surface area is 75.3 Å². The van der Waals surface area contributed by atoms with Crippen molar-refractivity contribution in [1.82, 2.24) is 0 Å². The Morgan fingerprint density at radius 2 is 2.17 bits per heavy atom. The lowest BCUT2D eigenvalue weighted by atomic mass is 10.1. The van der Waals surface area contributed by atoms with Gasteiger partial charge < -0.3 is 5.73 Å². The summed E-state index contributed by atoms with van der Waals surface area (Å²) in [6, 6.07) is 5.10. The second-order valence-electron chi connectivity index (χ2n) is 3.18. The van der Waals surface area contributed by atoms with Gasteiger partial charge in [0.2, 0.25) is 0 Å². The van der Waals surface area contributed by atoms with Crippen LogP contribution in [0.3, 0.4) is 0 Å². The lowest BCUT2D eigenvalue weighted by Crippen LogP contribution is -2.01. The summed E-state index contributed by atoms with van der Waals surface area (Å²) in [5.41, 5.74) is 6.59. The van der Waals surface area contributed by atoms with Crippen LogP contribution in [0.2, 0.25) is 5.02 Å². The summed E-state index contributed by atoms with van der Waals surface area (Å²) in [6.45, 7) is 0. The van der Waals surface area contributed by atoms with E-state index in [1.807, 2.05) is 6.07 Å². The van der Waals surface area contributed by atoms with E-state index in [4.69, 9.17) is 17.3 Å². The highest BCUT2D eigenvalue weighted by molar-refractivity contribution is 6.30. The molecule has 2 rings (SSSR count). The lowest BCUT2D eigenvalue weighted by molar-refractivity contribution is 0.625. The normalized spacial score (nSPS) is 27.2. The zero-order valence-corrected chi connectivity index (χ0v) is 7.18. The Hall–Kier alpha value is -0.600. The van der Waals surface area contributed by atoms with Gasteiger partial charge in [0.1, 0.15) is 5.82 Å². The van der Waals surface area contributed by atoms with Crippen molar-refractivity contribution in [3.8, 4) is 0 Å². The van der Waals surface area contributed by atoms with Gasteiger partial charge in [-0.1, -0.05) is 17.7 Å². The Balaban J connectivity index is 2.29. The molecule has 1 fully saturated rings. The molecular weight excluding hydrogens is 177 g/mol. The van der Waals surface area contributed by atoms with Gasteiger partial charge >= 0.3 is 0 Å². The van der Waals surface area contributed by atoms with Crippen molar-refractivity contribution in [2.75, 3.05) is 0 Å². The van der Waals surface area contributed by atoms with Gasteiger partial charge in [-0.2, -0.15) is 0 Å². The second kappa shape index (κ2) is 2.71. The maximum absolute atomic E-state index is 12.9. The molecule has 2 atom stereocenters. The highest BCUT2D eigenvalue weighted by Gasteiger charge is 2.34. The number of hydrogen-bond acceptors (Lipinski definition) is 1. The average Bonchev–Trinajstić information content (AvgIpc) is 2.73. The maximum Gasteiger partial charge on any atom is 0.142 e. The quantitative estimate of drug-likeness (QED) is 0.714. The summed E-state index contributed by atoms with van der Waals surface area (Å²) < 4.78 is 12.9. The topological polar surface area (TPSA) is 26.0 Å². The summed E-state index contributed by atoms with van der Waals surface area (Å²) in [5.74, 6) is -0.00923. The molecule has 3 heteroatoms. The zero-order valence-electron chi connectivity index (χ0n) is 6.43. The Morgan fingerprint density at radius 3 is 2.67 bits per heavy atom. The fraction of sp³-hybridized carbons (Fsp3) is 0.333. The highest BCUT2D eigenvalue weighted by Crippen LogP contribution is 2.39. The predicted octanol–water partition coefficient (Wildman–Crippen LogP) is 2.29. The van der Waals surface area contributed by atoms with Crippen molar-refractivity contribution in [2.45, 2.75) is 18.4 Å². The molecule has 0 amide bonds. The van der Waals surface area contributed by atoms with Crippen molar-refractivity contribution in [2.24, 2.45) is 5.73 Å². The standard InChI is InChI=1S/C9H9ClFN/c10-7-2-1-5(3-8(7)11)6-4-9(6)12/h1-3,6,9H,4,12H2/t6?,9-/m1/s1. The van der Waals surface area contributed by atoms with Gasteiger partial charge in [-0.25, -0.2) is 4.39 Å². The monoisotopic (exact) mass is 185 g/mol. The second-order valence-corrected chi connectivity index (χ2v) is 3.59. The molecule has 0 radical (unpaired) electrons. The molecule has 0 heterocycles. The van der Waals surface area contributed by atoms with E-state index in [1.54, 1.807) is 6.07 Å². The van der Waals surface area contributed by atoms with Gasteiger partial charge in [-0.05, 0) is 24.1 Å². The van der Waals surface area contributed by atoms with Crippen LogP contribution >= 0.6 is 11.6 Å². The first kappa shape index (κ1) is 8.02. The van der Waals surface area contributed by atoms with E-state index in [9.17, 15) is 4.39 Å². The van der Waals surface area contributed by atoms with Crippen molar-refractivity contribution in [1.29, 1.82) is 0 Å². The number of benzene rings is 1. The smallest absolute Gasteiger partial charge is 0.142 e. The minimum Gasteiger partial charge on any atom is -0.327 e. The van der Waals surface area contributed by atoms with E-state index < -0.39 is 0 Å². The molecule has 0 aliphatic heterocycles. The minimum absolute atomic E-state index is 0.174. The lowest BCUT2D eigenvalue weighted by Gasteiger charge is -1.99. The molecule has 2 N–H and O–H groups in total. The first-order valence-corrected chi connectivity index (χ1v) is 4.27. The van der Waals surface area contributed by atoms with Crippen LogP contribution in [-0.4, -0.2) is 6.04 Å². The van der Waals surface area contributed by atoms with E-state index in [0.717, 1.165) is 12.0 Å². The third kappa shape index (κ3) is 1.32. The zero-order chi connectivity index (χ0) is 8.72. The number of nitrogens with two attached hydrogens (primary N) is 1. The fourth-order valence-electron chi connectivity index (χ4n) is 1.34. The molecule has 1 aromatic rings. The van der Waals surface area contributed by atoms with Crippen molar-refractivity contribution >= 4 is 11.6 Å². The van der Waals surface area contributed by atoms with E-state index in [-0.39, 0.29) is 16.9 Å². The number of halogens is 2. The van der Waals surface area contributed by atoms with Crippen LogP contribution in [0.25, 0.3) is 0 Å². The van der Waals surface area contributed by atoms with Crippen LogP contribution in [0, 0.1) is 5.82 Å². The van der Waals surface area contributed by atoms with Gasteiger partial charge in [0.05, 0.1) is 5.02 Å². The van der Waals surface area contributed by atoms with Crippen molar-refractivity contribution in [3.05, 3.63) is 34.6 Å². The van der Waals surface area contributed by atoms with E-state index in [1.165, 1.54) is 6.07 Å². The summed E-state index contributed by atoms with van der Waals surface area (Å²) >= 11 is 5.54. The van der Waals surface area contributed by atoms with Gasteiger partial charge in [0, 0.05) is 12.0 Å². The molecule has 0 spiro atoms. The molecule has 64 valence electrons. The van der Waals surface area contributed by atoms with Gasteiger partial charge in [-0.15, -0.1) is 0 Å². The largest absolute Gasteiger partial charge is 0.327 e. The van der Waals surface area contributed by atoms with Crippen molar-refractivity contribution in [3.63, 3.8) is 0 Å². The fourth-order valence-corrected chi connectivity index (χ4v) is 1.46. The van der Waals surface area contributed by atoms with Crippen LogP contribution in [0.5, 0.6) is 0 Å². The number of hydrogen-bond donors (Lipinski definition) is 1. The van der Waals surface area contributed by atoms with E-state index in [2.05, 4.69) is 0 Å². The molecule has 0 bridgehead atoms. The molecular formula is C9H9ClFN. The third-order valence-corrected chi connectivity index (χ3v) is 2.52. The SMILES string of the molecule is N[C@@H]1CC1c1ccc(Cl)c(F)c1. The van der Waals surface area contributed by atoms with E-state index in [0.29, 0.717) is 5.92 Å². The van der Waals surface area contributed by atoms with E-state index >= 15 is 0 Å². The molecule has 12 heavy (non-hydrogen) atoms. The van der Waals surface area contributed by atoms with Crippen LogP contribution < -0.4 is 5.73 Å².